The number of hydrogen-bond acceptors (Lipinski definition) is 2. The van der Waals surface area contributed by atoms with E-state index < -0.39 is 17.4 Å². The molecule has 0 saturated heterocycles. The van der Waals surface area contributed by atoms with Crippen LogP contribution in [0.5, 0.6) is 0 Å². The molecule has 0 amide bonds. The summed E-state index contributed by atoms with van der Waals surface area (Å²) in [5, 5.41) is 19.3. The van der Waals surface area contributed by atoms with Gasteiger partial charge in [0.1, 0.15) is 0 Å². The molecule has 0 aromatic heterocycles. The van der Waals surface area contributed by atoms with Gasteiger partial charge in [0, 0.05) is 10.8 Å². The summed E-state index contributed by atoms with van der Waals surface area (Å²) in [5.41, 5.74) is 1.01. The van der Waals surface area contributed by atoms with E-state index in [-0.39, 0.29) is 12.3 Å². The topological polar surface area (TPSA) is 74.6 Å². The van der Waals surface area contributed by atoms with Gasteiger partial charge in [-0.2, -0.15) is 0 Å². The van der Waals surface area contributed by atoms with Gasteiger partial charge in [-0.3, -0.25) is 9.59 Å². The number of benzene rings is 2. The molecule has 0 fully saturated rings. The molecule has 0 aliphatic rings. The van der Waals surface area contributed by atoms with E-state index in [1.54, 1.807) is 0 Å². The summed E-state index contributed by atoms with van der Waals surface area (Å²) in [6, 6.07) is 19.4. The van der Waals surface area contributed by atoms with Crippen molar-refractivity contribution < 1.29 is 19.8 Å². The van der Waals surface area contributed by atoms with Gasteiger partial charge in [-0.15, -0.1) is 0 Å². The summed E-state index contributed by atoms with van der Waals surface area (Å²) in [5.74, 6) is -1.61. The second-order valence-corrected chi connectivity index (χ2v) is 7.95. The Morgan fingerprint density at radius 2 is 1.37 bits per heavy atom. The maximum absolute atomic E-state index is 12.5. The molecule has 5 heteroatoms. The molecule has 0 aliphatic heterocycles. The first kappa shape index (κ1) is 21.4. The average molecular weight is 480 g/mol. The third-order valence-corrected chi connectivity index (χ3v) is 6.13. The Bertz CT molecular complexity index is 689. The standard InChI is InChI=1S/C22H25IO4/c23-16-19(11-12-20(24)25)15-22(21(26)27,13-17-7-3-1-4-8-17)14-18-9-5-2-6-10-18/h1-10,19H,11-16H2,(H,24,25)(H,26,27). The SMILES string of the molecule is O=C(O)CCC(CI)CC(Cc1ccccc1)(Cc1ccccc1)C(=O)O. The summed E-state index contributed by atoms with van der Waals surface area (Å²) in [6.07, 6.45) is 1.88. The van der Waals surface area contributed by atoms with Crippen LogP contribution in [0.3, 0.4) is 0 Å². The highest BCUT2D eigenvalue weighted by Gasteiger charge is 2.40. The number of halogens is 1. The van der Waals surface area contributed by atoms with Crippen molar-refractivity contribution >= 4 is 34.5 Å². The fraction of sp³-hybridized carbons (Fsp3) is 0.364. The predicted molar refractivity (Wildman–Crippen MR) is 114 cm³/mol. The fourth-order valence-electron chi connectivity index (χ4n) is 3.53. The maximum Gasteiger partial charge on any atom is 0.310 e. The van der Waals surface area contributed by atoms with Crippen LogP contribution in [0.1, 0.15) is 30.4 Å². The largest absolute Gasteiger partial charge is 0.481 e. The first-order valence-corrected chi connectivity index (χ1v) is 10.6. The molecule has 2 N–H and O–H groups in total. The number of carboxylic acid groups (broad SMARTS) is 2. The highest BCUT2D eigenvalue weighted by atomic mass is 127. The summed E-state index contributed by atoms with van der Waals surface area (Å²) in [7, 11) is 0. The molecule has 1 atom stereocenters. The lowest BCUT2D eigenvalue weighted by Crippen LogP contribution is -2.38. The quantitative estimate of drug-likeness (QED) is 0.356. The molecule has 0 aliphatic carbocycles. The Labute approximate surface area is 173 Å². The number of aliphatic carboxylic acids is 2. The zero-order valence-corrected chi connectivity index (χ0v) is 17.3. The minimum absolute atomic E-state index is 0.0465. The summed E-state index contributed by atoms with van der Waals surface area (Å²) < 4.78 is 0.740. The third-order valence-electron chi connectivity index (χ3n) is 4.89. The smallest absolute Gasteiger partial charge is 0.310 e. The number of rotatable bonds is 11. The fourth-order valence-corrected chi connectivity index (χ4v) is 4.28. The molecule has 2 rings (SSSR count). The van der Waals surface area contributed by atoms with Gasteiger partial charge in [0.05, 0.1) is 5.41 Å². The molecule has 0 saturated carbocycles. The zero-order chi connectivity index (χ0) is 19.7. The molecule has 0 heterocycles. The van der Waals surface area contributed by atoms with Gasteiger partial charge in [0.15, 0.2) is 0 Å². The second-order valence-electron chi connectivity index (χ2n) is 7.07. The minimum atomic E-state index is -0.961. The second kappa shape index (κ2) is 10.4. The molecule has 2 aromatic rings. The third kappa shape index (κ3) is 6.65. The van der Waals surface area contributed by atoms with Crippen LogP contribution in [0.4, 0.5) is 0 Å². The molecule has 4 nitrogen and oxygen atoms in total. The first-order chi connectivity index (χ1) is 12.9. The van der Waals surface area contributed by atoms with Crippen LogP contribution < -0.4 is 0 Å². The van der Waals surface area contributed by atoms with Gasteiger partial charge < -0.3 is 10.2 Å². The molecular weight excluding hydrogens is 455 g/mol. The number of carbonyl (C=O) groups is 2. The van der Waals surface area contributed by atoms with Crippen LogP contribution in [-0.4, -0.2) is 26.6 Å². The molecule has 0 radical (unpaired) electrons. The van der Waals surface area contributed by atoms with Gasteiger partial charge >= 0.3 is 11.9 Å². The minimum Gasteiger partial charge on any atom is -0.481 e. The lowest BCUT2D eigenvalue weighted by molar-refractivity contribution is -0.150. The Kier molecular flexibility index (Phi) is 8.28. The Balaban J connectivity index is 2.34. The Morgan fingerprint density at radius 1 is 0.889 bits per heavy atom. The van der Waals surface area contributed by atoms with E-state index in [1.807, 2.05) is 60.7 Å². The van der Waals surface area contributed by atoms with Crippen molar-refractivity contribution in [1.82, 2.24) is 0 Å². The van der Waals surface area contributed by atoms with E-state index in [1.165, 1.54) is 0 Å². The van der Waals surface area contributed by atoms with E-state index in [2.05, 4.69) is 22.6 Å². The average Bonchev–Trinajstić information content (AvgIpc) is 2.66. The van der Waals surface area contributed by atoms with Gasteiger partial charge in [-0.1, -0.05) is 83.3 Å². The molecule has 2 aromatic carbocycles. The van der Waals surface area contributed by atoms with Crippen molar-refractivity contribution in [2.24, 2.45) is 11.3 Å². The molecular formula is C22H25IO4. The highest BCUT2D eigenvalue weighted by Crippen LogP contribution is 2.37. The van der Waals surface area contributed by atoms with Crippen molar-refractivity contribution in [2.45, 2.75) is 32.1 Å². The summed E-state index contributed by atoms with van der Waals surface area (Å²) >= 11 is 2.24. The van der Waals surface area contributed by atoms with Crippen molar-refractivity contribution in [1.29, 1.82) is 0 Å². The normalized spacial score (nSPS) is 12.5. The van der Waals surface area contributed by atoms with Crippen LogP contribution in [0.2, 0.25) is 0 Å². The van der Waals surface area contributed by atoms with Crippen molar-refractivity contribution in [3.05, 3.63) is 71.8 Å². The lowest BCUT2D eigenvalue weighted by atomic mass is 9.70. The maximum atomic E-state index is 12.5. The van der Waals surface area contributed by atoms with E-state index in [4.69, 9.17) is 5.11 Å². The van der Waals surface area contributed by atoms with Gasteiger partial charge in [0.25, 0.3) is 0 Å². The van der Waals surface area contributed by atoms with E-state index in [9.17, 15) is 14.7 Å². The molecule has 0 spiro atoms. The Morgan fingerprint density at radius 3 is 1.74 bits per heavy atom. The molecule has 144 valence electrons. The molecule has 0 bridgehead atoms. The van der Waals surface area contributed by atoms with Crippen molar-refractivity contribution in [2.75, 3.05) is 4.43 Å². The highest BCUT2D eigenvalue weighted by molar-refractivity contribution is 14.1. The van der Waals surface area contributed by atoms with Gasteiger partial charge in [-0.05, 0) is 42.7 Å². The molecule has 1 unspecified atom stereocenters. The predicted octanol–water partition coefficient (Wildman–Crippen LogP) is 4.85. The van der Waals surface area contributed by atoms with Crippen LogP contribution >= 0.6 is 22.6 Å². The zero-order valence-electron chi connectivity index (χ0n) is 15.2. The van der Waals surface area contributed by atoms with Gasteiger partial charge in [0.2, 0.25) is 0 Å². The van der Waals surface area contributed by atoms with E-state index in [0.29, 0.717) is 25.7 Å². The Hall–Kier alpha value is -1.89. The number of alkyl halides is 1. The van der Waals surface area contributed by atoms with Crippen LogP contribution in [-0.2, 0) is 22.4 Å². The lowest BCUT2D eigenvalue weighted by Gasteiger charge is -2.33. The van der Waals surface area contributed by atoms with Crippen LogP contribution in [0.15, 0.2) is 60.7 Å². The van der Waals surface area contributed by atoms with E-state index in [0.717, 1.165) is 15.6 Å². The van der Waals surface area contributed by atoms with Crippen molar-refractivity contribution in [3.8, 4) is 0 Å². The first-order valence-electron chi connectivity index (χ1n) is 9.04. The summed E-state index contributed by atoms with van der Waals surface area (Å²) in [6.45, 7) is 0. The van der Waals surface area contributed by atoms with Crippen LogP contribution in [0.25, 0.3) is 0 Å². The number of carboxylic acids is 2. The van der Waals surface area contributed by atoms with Gasteiger partial charge in [-0.25, -0.2) is 0 Å². The molecule has 27 heavy (non-hydrogen) atoms. The summed E-state index contributed by atoms with van der Waals surface area (Å²) in [4.78, 5) is 23.5. The number of hydrogen-bond donors (Lipinski definition) is 2. The van der Waals surface area contributed by atoms with Crippen LogP contribution in [0, 0.1) is 11.3 Å². The van der Waals surface area contributed by atoms with E-state index >= 15 is 0 Å². The van der Waals surface area contributed by atoms with Crippen molar-refractivity contribution in [3.63, 3.8) is 0 Å². The monoisotopic (exact) mass is 480 g/mol.